The first-order chi connectivity index (χ1) is 14.8. The summed E-state index contributed by atoms with van der Waals surface area (Å²) < 4.78 is 28.2. The number of amides is 1. The lowest BCUT2D eigenvalue weighted by Crippen LogP contribution is -2.25. The maximum Gasteiger partial charge on any atom is 0.339 e. The summed E-state index contributed by atoms with van der Waals surface area (Å²) in [5.74, 6) is -0.703. The van der Waals surface area contributed by atoms with Gasteiger partial charge in [-0.15, -0.1) is 0 Å². The van der Waals surface area contributed by atoms with Crippen LogP contribution in [0.3, 0.4) is 0 Å². The van der Waals surface area contributed by atoms with Crippen molar-refractivity contribution < 1.29 is 22.7 Å². The van der Waals surface area contributed by atoms with Crippen molar-refractivity contribution in [1.82, 2.24) is 5.32 Å². The van der Waals surface area contributed by atoms with E-state index in [0.29, 0.717) is 17.5 Å². The summed E-state index contributed by atoms with van der Waals surface area (Å²) in [6, 6.07) is 20.4. The Morgan fingerprint density at radius 3 is 2.42 bits per heavy atom. The minimum absolute atomic E-state index is 0.0112. The Kier molecular flexibility index (Phi) is 5.58. The zero-order chi connectivity index (χ0) is 22.0. The third-order valence-corrected chi connectivity index (χ3v) is 6.05. The Hall–Kier alpha value is -3.49. The lowest BCUT2D eigenvalue weighted by Gasteiger charge is -2.25. The molecule has 0 spiro atoms. The van der Waals surface area contributed by atoms with Crippen molar-refractivity contribution in [1.29, 1.82) is 0 Å². The smallest absolute Gasteiger partial charge is 0.339 e. The molecule has 8 heteroatoms. The van der Waals surface area contributed by atoms with Crippen molar-refractivity contribution in [2.75, 3.05) is 0 Å². The van der Waals surface area contributed by atoms with Gasteiger partial charge >= 0.3 is 5.97 Å². The molecule has 1 amide bonds. The van der Waals surface area contributed by atoms with Crippen LogP contribution in [0.25, 0.3) is 0 Å². The maximum absolute atomic E-state index is 12.6. The van der Waals surface area contributed by atoms with Gasteiger partial charge in [0.15, 0.2) is 0 Å². The number of rotatable bonds is 5. The number of sulfonamides is 1. The summed E-state index contributed by atoms with van der Waals surface area (Å²) in [6.45, 7) is 0.218. The molecular formula is C23H20N2O5S. The van der Waals surface area contributed by atoms with Gasteiger partial charge in [0.2, 0.25) is 10.0 Å². The van der Waals surface area contributed by atoms with Gasteiger partial charge in [-0.25, -0.2) is 18.4 Å². The zero-order valence-corrected chi connectivity index (χ0v) is 17.3. The molecule has 1 heterocycles. The highest BCUT2D eigenvalue weighted by Gasteiger charge is 2.28. The first-order valence-electron chi connectivity index (χ1n) is 9.60. The molecule has 3 N–H and O–H groups in total. The van der Waals surface area contributed by atoms with Gasteiger partial charge < -0.3 is 10.1 Å². The average molecular weight is 436 g/mol. The van der Waals surface area contributed by atoms with Crippen LogP contribution in [0.2, 0.25) is 0 Å². The SMILES string of the molecule is NS(=O)(=O)c1ccc(CNC(=O)c2ccc3c(c2)C[C@@H](c2ccccc2)OC3=O)cc1. The largest absolute Gasteiger partial charge is 0.454 e. The molecule has 0 aromatic heterocycles. The Morgan fingerprint density at radius 1 is 1.03 bits per heavy atom. The summed E-state index contributed by atoms with van der Waals surface area (Å²) in [5.41, 5.74) is 3.28. The van der Waals surface area contributed by atoms with Gasteiger partial charge in [-0.1, -0.05) is 42.5 Å². The van der Waals surface area contributed by atoms with Crippen molar-refractivity contribution in [3.8, 4) is 0 Å². The lowest BCUT2D eigenvalue weighted by atomic mass is 9.93. The molecule has 3 aromatic carbocycles. The van der Waals surface area contributed by atoms with E-state index in [1.165, 1.54) is 12.1 Å². The molecule has 0 saturated carbocycles. The van der Waals surface area contributed by atoms with Crippen LogP contribution in [0, 0.1) is 0 Å². The number of ether oxygens (including phenoxy) is 1. The summed E-state index contributed by atoms with van der Waals surface area (Å²) >= 11 is 0. The second-order valence-electron chi connectivity index (χ2n) is 7.25. The minimum Gasteiger partial charge on any atom is -0.454 e. The van der Waals surface area contributed by atoms with E-state index in [1.807, 2.05) is 30.3 Å². The Bertz CT molecular complexity index is 1240. The van der Waals surface area contributed by atoms with Crippen LogP contribution < -0.4 is 10.5 Å². The number of benzene rings is 3. The maximum atomic E-state index is 12.6. The van der Waals surface area contributed by atoms with E-state index >= 15 is 0 Å². The number of fused-ring (bicyclic) bond motifs is 1. The van der Waals surface area contributed by atoms with Crippen molar-refractivity contribution in [3.05, 3.63) is 101 Å². The third-order valence-electron chi connectivity index (χ3n) is 5.12. The van der Waals surface area contributed by atoms with Crippen LogP contribution >= 0.6 is 0 Å². The van der Waals surface area contributed by atoms with Gasteiger partial charge in [0.25, 0.3) is 5.91 Å². The highest BCUT2D eigenvalue weighted by molar-refractivity contribution is 7.89. The number of cyclic esters (lactones) is 1. The van der Waals surface area contributed by atoms with Crippen LogP contribution in [0.5, 0.6) is 0 Å². The van der Waals surface area contributed by atoms with Crippen LogP contribution in [-0.4, -0.2) is 20.3 Å². The number of carbonyl (C=O) groups is 2. The van der Waals surface area contributed by atoms with E-state index in [-0.39, 0.29) is 17.3 Å². The Labute approximate surface area is 179 Å². The van der Waals surface area contributed by atoms with Gasteiger partial charge in [-0.2, -0.15) is 0 Å². The van der Waals surface area contributed by atoms with Gasteiger partial charge in [0.1, 0.15) is 6.10 Å². The normalized spacial score (nSPS) is 15.6. The highest BCUT2D eigenvalue weighted by atomic mass is 32.2. The number of primary sulfonamides is 1. The van der Waals surface area contributed by atoms with E-state index in [9.17, 15) is 18.0 Å². The summed E-state index contributed by atoms with van der Waals surface area (Å²) in [5, 5.41) is 7.89. The predicted molar refractivity (Wildman–Crippen MR) is 114 cm³/mol. The molecule has 4 rings (SSSR count). The molecule has 1 aliphatic rings. The molecule has 7 nitrogen and oxygen atoms in total. The molecule has 3 aromatic rings. The van der Waals surface area contributed by atoms with Crippen molar-refractivity contribution in [2.45, 2.75) is 24.0 Å². The average Bonchev–Trinajstić information content (AvgIpc) is 2.77. The van der Waals surface area contributed by atoms with Crippen LogP contribution in [0.4, 0.5) is 0 Å². The van der Waals surface area contributed by atoms with Crippen molar-refractivity contribution >= 4 is 21.9 Å². The van der Waals surface area contributed by atoms with Gasteiger partial charge in [0, 0.05) is 18.5 Å². The number of nitrogens with one attached hydrogen (secondary N) is 1. The topological polar surface area (TPSA) is 116 Å². The Balaban J connectivity index is 1.47. The second kappa shape index (κ2) is 8.33. The fourth-order valence-electron chi connectivity index (χ4n) is 3.47. The fourth-order valence-corrected chi connectivity index (χ4v) is 3.99. The summed E-state index contributed by atoms with van der Waals surface area (Å²) in [6.07, 6.45) is 0.0955. The first kappa shape index (κ1) is 20.8. The van der Waals surface area contributed by atoms with E-state index < -0.39 is 22.1 Å². The van der Waals surface area contributed by atoms with Gasteiger partial charge in [-0.3, -0.25) is 4.79 Å². The number of nitrogens with two attached hydrogens (primary N) is 1. The van der Waals surface area contributed by atoms with Crippen LogP contribution in [0.15, 0.2) is 77.7 Å². The van der Waals surface area contributed by atoms with E-state index in [2.05, 4.69) is 5.32 Å². The molecule has 1 atom stereocenters. The molecule has 0 saturated heterocycles. The van der Waals surface area contributed by atoms with Gasteiger partial charge in [0.05, 0.1) is 10.5 Å². The third kappa shape index (κ3) is 4.65. The standard InChI is InChI=1S/C23H20N2O5S/c24-31(28,29)19-9-6-15(7-10-19)14-25-22(26)17-8-11-20-18(12-17)13-21(30-23(20)27)16-4-2-1-3-5-16/h1-12,21H,13-14H2,(H,25,26)(H2,24,28,29)/t21-/m0/s1. The number of carbonyl (C=O) groups excluding carboxylic acids is 2. The fraction of sp³-hybridized carbons (Fsp3) is 0.130. The van der Waals surface area contributed by atoms with E-state index in [4.69, 9.17) is 9.88 Å². The van der Waals surface area contributed by atoms with Crippen molar-refractivity contribution in [3.63, 3.8) is 0 Å². The van der Waals surface area contributed by atoms with Crippen LogP contribution in [0.1, 0.15) is 43.5 Å². The highest BCUT2D eigenvalue weighted by Crippen LogP contribution is 2.31. The minimum atomic E-state index is -3.76. The molecule has 158 valence electrons. The zero-order valence-electron chi connectivity index (χ0n) is 16.4. The van der Waals surface area contributed by atoms with E-state index in [0.717, 1.165) is 16.7 Å². The molecule has 0 bridgehead atoms. The van der Waals surface area contributed by atoms with Crippen molar-refractivity contribution in [2.24, 2.45) is 5.14 Å². The predicted octanol–water partition coefficient (Wildman–Crippen LogP) is 2.72. The Morgan fingerprint density at radius 2 is 1.74 bits per heavy atom. The number of hydrogen-bond acceptors (Lipinski definition) is 5. The molecule has 31 heavy (non-hydrogen) atoms. The van der Waals surface area contributed by atoms with E-state index in [1.54, 1.807) is 30.3 Å². The molecule has 0 fully saturated rings. The number of esters is 1. The first-order valence-corrected chi connectivity index (χ1v) is 11.1. The molecule has 0 unspecified atom stereocenters. The molecule has 0 aliphatic carbocycles. The van der Waals surface area contributed by atoms with Crippen LogP contribution in [-0.2, 0) is 27.7 Å². The quantitative estimate of drug-likeness (QED) is 0.597. The summed E-state index contributed by atoms with van der Waals surface area (Å²) in [4.78, 5) is 25.0. The summed E-state index contributed by atoms with van der Waals surface area (Å²) in [7, 11) is -3.76. The lowest BCUT2D eigenvalue weighted by molar-refractivity contribution is 0.0252. The second-order valence-corrected chi connectivity index (χ2v) is 8.81. The molecular weight excluding hydrogens is 416 g/mol. The molecule has 1 aliphatic heterocycles. The van der Waals surface area contributed by atoms with Gasteiger partial charge in [-0.05, 0) is 47.0 Å². The monoisotopic (exact) mass is 436 g/mol. The molecule has 0 radical (unpaired) electrons. The number of hydrogen-bond donors (Lipinski definition) is 2.